The van der Waals surface area contributed by atoms with Crippen molar-refractivity contribution in [1.82, 2.24) is 10.6 Å². The summed E-state index contributed by atoms with van der Waals surface area (Å²) in [6, 6.07) is 15.3. The van der Waals surface area contributed by atoms with Crippen molar-refractivity contribution in [2.45, 2.75) is 39.2 Å². The van der Waals surface area contributed by atoms with E-state index in [1.54, 1.807) is 20.8 Å². The second-order valence-corrected chi connectivity index (χ2v) is 8.42. The van der Waals surface area contributed by atoms with E-state index in [-0.39, 0.29) is 25.5 Å². The Morgan fingerprint density at radius 2 is 1.58 bits per heavy atom. The Morgan fingerprint density at radius 1 is 1.03 bits per heavy atom. The number of ether oxygens (including phenoxy) is 1. The minimum absolute atomic E-state index is 0.0551. The van der Waals surface area contributed by atoms with E-state index in [9.17, 15) is 14.4 Å². The molecular formula is C24H28N2O5. The first kappa shape index (κ1) is 22.3. The zero-order valence-corrected chi connectivity index (χ0v) is 18.0. The molecule has 0 radical (unpaired) electrons. The van der Waals surface area contributed by atoms with Crippen LogP contribution in [0.25, 0.3) is 11.1 Å². The lowest BCUT2D eigenvalue weighted by atomic mass is 9.90. The fourth-order valence-corrected chi connectivity index (χ4v) is 3.64. The van der Waals surface area contributed by atoms with Crippen molar-refractivity contribution in [3.63, 3.8) is 0 Å². The van der Waals surface area contributed by atoms with E-state index in [1.807, 2.05) is 36.4 Å². The first-order valence-electron chi connectivity index (χ1n) is 10.3. The number of aliphatic carboxylic acids is 1. The summed E-state index contributed by atoms with van der Waals surface area (Å²) in [4.78, 5) is 35.6. The van der Waals surface area contributed by atoms with Crippen molar-refractivity contribution in [1.29, 1.82) is 0 Å². The van der Waals surface area contributed by atoms with Crippen LogP contribution in [0.2, 0.25) is 0 Å². The van der Waals surface area contributed by atoms with Crippen LogP contribution >= 0.6 is 0 Å². The molecule has 7 nitrogen and oxygen atoms in total. The van der Waals surface area contributed by atoms with Gasteiger partial charge in [0.05, 0.1) is 5.41 Å². The zero-order chi connectivity index (χ0) is 22.6. The van der Waals surface area contributed by atoms with E-state index in [0.717, 1.165) is 22.3 Å². The number of benzene rings is 2. The Morgan fingerprint density at radius 3 is 2.13 bits per heavy atom. The van der Waals surface area contributed by atoms with Crippen LogP contribution in [0, 0.1) is 5.41 Å². The van der Waals surface area contributed by atoms with E-state index < -0.39 is 29.4 Å². The first-order valence-corrected chi connectivity index (χ1v) is 10.3. The SMILES string of the molecule is C[C@@H](NC(=O)OCC1c2ccccc2-c2ccccc21)C(=O)NCCC(C)(C)C(=O)O. The number of carboxylic acid groups (broad SMARTS) is 1. The standard InChI is InChI=1S/C24H28N2O5/c1-15(21(27)25-13-12-24(2,3)22(28)29)26-23(30)31-14-20-18-10-6-4-8-16(18)17-9-5-7-11-19(17)20/h4-11,15,20H,12-14H2,1-3H3,(H,25,27)(H,26,30)(H,28,29)/t15-/m1/s1. The molecule has 0 aromatic heterocycles. The summed E-state index contributed by atoms with van der Waals surface area (Å²) in [5.74, 6) is -1.37. The summed E-state index contributed by atoms with van der Waals surface area (Å²) in [7, 11) is 0. The minimum atomic E-state index is -0.934. The van der Waals surface area contributed by atoms with Crippen LogP contribution in [-0.2, 0) is 14.3 Å². The summed E-state index contributed by atoms with van der Waals surface area (Å²) in [5.41, 5.74) is 3.58. The molecule has 164 valence electrons. The maximum Gasteiger partial charge on any atom is 0.407 e. The van der Waals surface area contributed by atoms with Crippen LogP contribution in [-0.4, -0.2) is 42.3 Å². The quantitative estimate of drug-likeness (QED) is 0.601. The Hall–Kier alpha value is -3.35. The number of amides is 2. The third-order valence-electron chi connectivity index (χ3n) is 5.70. The average molecular weight is 424 g/mol. The fraction of sp³-hybridized carbons (Fsp3) is 0.375. The highest BCUT2D eigenvalue weighted by molar-refractivity contribution is 5.85. The molecule has 2 amide bonds. The predicted octanol–water partition coefficient (Wildman–Crippen LogP) is 3.53. The Kier molecular flexibility index (Phi) is 6.63. The third-order valence-corrected chi connectivity index (χ3v) is 5.70. The number of nitrogens with one attached hydrogen (secondary N) is 2. The molecule has 3 N–H and O–H groups in total. The second-order valence-electron chi connectivity index (χ2n) is 8.42. The molecule has 0 heterocycles. The van der Waals surface area contributed by atoms with Crippen molar-refractivity contribution in [3.05, 3.63) is 59.7 Å². The van der Waals surface area contributed by atoms with Crippen molar-refractivity contribution >= 4 is 18.0 Å². The minimum Gasteiger partial charge on any atom is -0.481 e. The molecule has 31 heavy (non-hydrogen) atoms. The predicted molar refractivity (Wildman–Crippen MR) is 117 cm³/mol. The van der Waals surface area contributed by atoms with E-state index in [2.05, 4.69) is 22.8 Å². The van der Waals surface area contributed by atoms with Gasteiger partial charge in [-0.1, -0.05) is 48.5 Å². The van der Waals surface area contributed by atoms with Crippen molar-refractivity contribution in [3.8, 4) is 11.1 Å². The second kappa shape index (κ2) is 9.20. The van der Waals surface area contributed by atoms with Gasteiger partial charge in [-0.05, 0) is 49.4 Å². The van der Waals surface area contributed by atoms with Gasteiger partial charge >= 0.3 is 12.1 Å². The molecule has 0 aliphatic heterocycles. The molecule has 0 saturated heterocycles. The molecule has 7 heteroatoms. The van der Waals surface area contributed by atoms with Crippen LogP contribution in [0.15, 0.2) is 48.5 Å². The first-order chi connectivity index (χ1) is 14.7. The van der Waals surface area contributed by atoms with Crippen LogP contribution in [0.4, 0.5) is 4.79 Å². The summed E-state index contributed by atoms with van der Waals surface area (Å²) >= 11 is 0. The van der Waals surface area contributed by atoms with Gasteiger partial charge < -0.3 is 20.5 Å². The van der Waals surface area contributed by atoms with E-state index in [4.69, 9.17) is 9.84 Å². The van der Waals surface area contributed by atoms with Crippen LogP contribution < -0.4 is 10.6 Å². The molecule has 0 fully saturated rings. The molecule has 0 saturated carbocycles. The summed E-state index contributed by atoms with van der Waals surface area (Å²) in [6.45, 7) is 5.12. The highest BCUT2D eigenvalue weighted by Crippen LogP contribution is 2.44. The Labute approximate surface area is 181 Å². The third kappa shape index (κ3) is 5.05. The maximum atomic E-state index is 12.3. The van der Waals surface area contributed by atoms with Gasteiger partial charge in [0.25, 0.3) is 0 Å². The number of carboxylic acids is 1. The van der Waals surface area contributed by atoms with Crippen LogP contribution in [0.3, 0.4) is 0 Å². The lowest BCUT2D eigenvalue weighted by molar-refractivity contribution is -0.147. The molecule has 3 rings (SSSR count). The molecule has 0 unspecified atom stereocenters. The number of fused-ring (bicyclic) bond motifs is 3. The fourth-order valence-electron chi connectivity index (χ4n) is 3.64. The summed E-state index contributed by atoms with van der Waals surface area (Å²) < 4.78 is 5.44. The highest BCUT2D eigenvalue weighted by atomic mass is 16.5. The number of hydrogen-bond acceptors (Lipinski definition) is 4. The molecule has 0 bridgehead atoms. The highest BCUT2D eigenvalue weighted by Gasteiger charge is 2.30. The van der Waals surface area contributed by atoms with Gasteiger partial charge in [0, 0.05) is 12.5 Å². The van der Waals surface area contributed by atoms with Gasteiger partial charge in [-0.25, -0.2) is 4.79 Å². The zero-order valence-electron chi connectivity index (χ0n) is 18.0. The molecule has 1 aliphatic rings. The maximum absolute atomic E-state index is 12.3. The normalized spacial score (nSPS) is 13.6. The molecule has 1 atom stereocenters. The average Bonchev–Trinajstić information content (AvgIpc) is 3.05. The smallest absolute Gasteiger partial charge is 0.407 e. The van der Waals surface area contributed by atoms with Gasteiger partial charge in [-0.2, -0.15) is 0 Å². The van der Waals surface area contributed by atoms with Crippen LogP contribution in [0.5, 0.6) is 0 Å². The number of alkyl carbamates (subject to hydrolysis) is 1. The number of carbonyl (C=O) groups is 3. The molecule has 0 spiro atoms. The van der Waals surface area contributed by atoms with Crippen molar-refractivity contribution < 1.29 is 24.2 Å². The van der Waals surface area contributed by atoms with Crippen molar-refractivity contribution in [2.75, 3.05) is 13.2 Å². The number of rotatable bonds is 8. The van der Waals surface area contributed by atoms with E-state index in [1.165, 1.54) is 0 Å². The Bertz CT molecular complexity index is 940. The number of carbonyl (C=O) groups excluding carboxylic acids is 2. The van der Waals surface area contributed by atoms with Crippen molar-refractivity contribution in [2.24, 2.45) is 5.41 Å². The molecular weight excluding hydrogens is 396 g/mol. The van der Waals surface area contributed by atoms with E-state index in [0.29, 0.717) is 0 Å². The van der Waals surface area contributed by atoms with Gasteiger partial charge in [-0.15, -0.1) is 0 Å². The van der Waals surface area contributed by atoms with Gasteiger partial charge in [0.2, 0.25) is 5.91 Å². The molecule has 2 aromatic carbocycles. The summed E-state index contributed by atoms with van der Waals surface area (Å²) in [6.07, 6.45) is -0.387. The molecule has 1 aliphatic carbocycles. The monoisotopic (exact) mass is 424 g/mol. The lowest BCUT2D eigenvalue weighted by Crippen LogP contribution is -2.46. The van der Waals surface area contributed by atoms with Gasteiger partial charge in [-0.3, -0.25) is 9.59 Å². The topological polar surface area (TPSA) is 105 Å². The number of hydrogen-bond donors (Lipinski definition) is 3. The van der Waals surface area contributed by atoms with Gasteiger partial charge in [0.1, 0.15) is 12.6 Å². The lowest BCUT2D eigenvalue weighted by Gasteiger charge is -2.20. The van der Waals surface area contributed by atoms with Crippen LogP contribution in [0.1, 0.15) is 44.2 Å². The van der Waals surface area contributed by atoms with Gasteiger partial charge in [0.15, 0.2) is 0 Å². The largest absolute Gasteiger partial charge is 0.481 e. The Balaban J connectivity index is 1.51. The molecule has 2 aromatic rings. The van der Waals surface area contributed by atoms with E-state index >= 15 is 0 Å². The summed E-state index contributed by atoms with van der Waals surface area (Å²) in [5, 5.41) is 14.3.